The van der Waals surface area contributed by atoms with Gasteiger partial charge in [0.05, 0.1) is 11.4 Å². The fourth-order valence-electron chi connectivity index (χ4n) is 3.93. The molecular weight excluding hydrogens is 400 g/mol. The summed E-state index contributed by atoms with van der Waals surface area (Å²) in [7, 11) is 0. The van der Waals surface area contributed by atoms with E-state index in [1.807, 2.05) is 35.1 Å². The van der Waals surface area contributed by atoms with Gasteiger partial charge in [0.15, 0.2) is 0 Å². The lowest BCUT2D eigenvalue weighted by atomic mass is 10.2. The monoisotopic (exact) mass is 430 g/mol. The first-order valence-corrected chi connectivity index (χ1v) is 11.1. The van der Waals surface area contributed by atoms with Crippen LogP contribution in [0.4, 0.5) is 11.4 Å². The number of benzene rings is 1. The van der Waals surface area contributed by atoms with Gasteiger partial charge in [-0.1, -0.05) is 13.0 Å². The molecule has 0 saturated carbocycles. The van der Waals surface area contributed by atoms with Crippen molar-refractivity contribution in [3.8, 4) is 11.3 Å². The van der Waals surface area contributed by atoms with Gasteiger partial charge in [0.25, 0.3) is 0 Å². The molecule has 3 aromatic rings. The first-order chi connectivity index (χ1) is 15.7. The molecule has 1 aliphatic heterocycles. The van der Waals surface area contributed by atoms with Crippen LogP contribution in [0.2, 0.25) is 0 Å². The van der Waals surface area contributed by atoms with E-state index in [0.717, 1.165) is 43.1 Å². The maximum Gasteiger partial charge on any atom is 0.248 e. The van der Waals surface area contributed by atoms with Crippen molar-refractivity contribution in [2.75, 3.05) is 43.0 Å². The molecule has 0 radical (unpaired) electrons. The molecular formula is C25H30N6O. The number of hydrogen-bond donors (Lipinski definition) is 2. The standard InChI is InChI=1S/C25H30N6O/c1-2-14-29-16-18-30(19-17-29)23-8-6-22(7-9-23)28-31-15-13-26-11-4-3-5-24(31)21-10-12-27-25(32)20-21/h3-13,15,20,28H,2,14,16-19H2,1H3,(H,27,32). The highest BCUT2D eigenvalue weighted by Gasteiger charge is 2.16. The van der Waals surface area contributed by atoms with Gasteiger partial charge >= 0.3 is 0 Å². The van der Waals surface area contributed by atoms with Gasteiger partial charge in [-0.25, -0.2) is 0 Å². The van der Waals surface area contributed by atoms with E-state index in [9.17, 15) is 4.79 Å². The first-order valence-electron chi connectivity index (χ1n) is 11.1. The molecule has 0 amide bonds. The predicted octanol–water partition coefficient (Wildman–Crippen LogP) is 3.77. The van der Waals surface area contributed by atoms with Gasteiger partial charge in [0.2, 0.25) is 5.56 Å². The normalized spacial score (nSPS) is 14.1. The van der Waals surface area contributed by atoms with E-state index in [-0.39, 0.29) is 5.56 Å². The van der Waals surface area contributed by atoms with Crippen LogP contribution < -0.4 is 15.9 Å². The Kier molecular flexibility index (Phi) is 7.19. The van der Waals surface area contributed by atoms with Crippen LogP contribution >= 0.6 is 0 Å². The summed E-state index contributed by atoms with van der Waals surface area (Å²) in [5.41, 5.74) is 7.12. The molecule has 1 fully saturated rings. The number of hydrogen-bond acceptors (Lipinski definition) is 5. The van der Waals surface area contributed by atoms with Gasteiger partial charge in [-0.15, -0.1) is 0 Å². The van der Waals surface area contributed by atoms with Crippen molar-refractivity contribution in [1.29, 1.82) is 0 Å². The van der Waals surface area contributed by atoms with Crippen LogP contribution in [0.15, 0.2) is 84.2 Å². The molecule has 4 rings (SSSR count). The number of piperazine rings is 1. The molecule has 0 spiro atoms. The first kappa shape index (κ1) is 21.6. The molecule has 32 heavy (non-hydrogen) atoms. The van der Waals surface area contributed by atoms with Crippen LogP contribution in [0, 0.1) is 0 Å². The summed E-state index contributed by atoms with van der Waals surface area (Å²) in [6, 6.07) is 17.7. The van der Waals surface area contributed by atoms with E-state index in [0.29, 0.717) is 0 Å². The summed E-state index contributed by atoms with van der Waals surface area (Å²) in [6.45, 7) is 7.76. The summed E-state index contributed by atoms with van der Waals surface area (Å²) in [4.78, 5) is 23.8. The third-order valence-corrected chi connectivity index (χ3v) is 5.56. The van der Waals surface area contributed by atoms with Gasteiger partial charge in [0.1, 0.15) is 0 Å². The van der Waals surface area contributed by atoms with Crippen LogP contribution in [0.1, 0.15) is 13.3 Å². The van der Waals surface area contributed by atoms with Crippen molar-refractivity contribution in [1.82, 2.24) is 19.5 Å². The molecule has 1 aliphatic rings. The number of aromatic amines is 1. The zero-order chi connectivity index (χ0) is 22.2. The number of aromatic nitrogens is 3. The molecule has 1 saturated heterocycles. The van der Waals surface area contributed by atoms with Crippen LogP contribution in [0.25, 0.3) is 11.3 Å². The quantitative estimate of drug-likeness (QED) is 0.623. The fourth-order valence-corrected chi connectivity index (χ4v) is 3.93. The topological polar surface area (TPSA) is 69.2 Å². The van der Waals surface area contributed by atoms with E-state index in [4.69, 9.17) is 0 Å². The second-order valence-corrected chi connectivity index (χ2v) is 7.83. The zero-order valence-corrected chi connectivity index (χ0v) is 18.4. The van der Waals surface area contributed by atoms with E-state index in [1.54, 1.807) is 24.7 Å². The van der Waals surface area contributed by atoms with E-state index in [2.05, 4.69) is 56.4 Å². The number of nitrogens with one attached hydrogen (secondary N) is 2. The minimum atomic E-state index is -0.143. The van der Waals surface area contributed by atoms with Crippen molar-refractivity contribution in [2.45, 2.75) is 13.3 Å². The Morgan fingerprint density at radius 3 is 2.56 bits per heavy atom. The summed E-state index contributed by atoms with van der Waals surface area (Å²) in [5.74, 6) is 0. The van der Waals surface area contributed by atoms with Gasteiger partial charge in [-0.05, 0) is 55.4 Å². The van der Waals surface area contributed by atoms with Crippen LogP contribution in [0.5, 0.6) is 0 Å². The highest BCUT2D eigenvalue weighted by atomic mass is 16.1. The molecule has 2 N–H and O–H groups in total. The second-order valence-electron chi connectivity index (χ2n) is 7.83. The van der Waals surface area contributed by atoms with Gasteiger partial charge < -0.3 is 9.88 Å². The number of H-pyrrole nitrogens is 1. The Morgan fingerprint density at radius 1 is 1.00 bits per heavy atom. The summed E-state index contributed by atoms with van der Waals surface area (Å²) < 4.78 is 1.88. The van der Waals surface area contributed by atoms with E-state index < -0.39 is 0 Å². The SMILES string of the molecule is CCCN1CCN(c2ccc(Nn3ccnccccc3-c3cc[nH]c(=O)c3)cc2)CC1. The van der Waals surface area contributed by atoms with Gasteiger partial charge in [-0.3, -0.25) is 24.8 Å². The summed E-state index contributed by atoms with van der Waals surface area (Å²) in [6.07, 6.45) is 8.15. The number of rotatable bonds is 6. The fraction of sp³-hybridized carbons (Fsp3) is 0.280. The average Bonchev–Trinajstić information content (AvgIpc) is 2.93. The van der Waals surface area contributed by atoms with E-state index in [1.165, 1.54) is 18.7 Å². The van der Waals surface area contributed by atoms with Crippen molar-refractivity contribution in [3.05, 3.63) is 89.7 Å². The highest BCUT2D eigenvalue weighted by Crippen LogP contribution is 2.21. The molecule has 3 heterocycles. The highest BCUT2D eigenvalue weighted by molar-refractivity contribution is 5.61. The number of pyridine rings is 1. The Bertz CT molecular complexity index is 1110. The molecule has 7 heteroatoms. The van der Waals surface area contributed by atoms with Crippen LogP contribution in [-0.4, -0.2) is 52.3 Å². The van der Waals surface area contributed by atoms with Crippen LogP contribution in [-0.2, 0) is 0 Å². The Balaban J connectivity index is 1.57. The Labute approximate surface area is 188 Å². The lowest BCUT2D eigenvalue weighted by molar-refractivity contribution is 0.258. The molecule has 0 bridgehead atoms. The summed E-state index contributed by atoms with van der Waals surface area (Å²) in [5, 5.41) is 0. The third kappa shape index (κ3) is 5.56. The second kappa shape index (κ2) is 10.6. The summed E-state index contributed by atoms with van der Waals surface area (Å²) >= 11 is 0. The molecule has 166 valence electrons. The molecule has 0 atom stereocenters. The molecule has 2 aromatic heterocycles. The number of nitrogens with zero attached hydrogens (tertiary/aromatic N) is 4. The number of anilines is 2. The van der Waals surface area contributed by atoms with Crippen molar-refractivity contribution in [3.63, 3.8) is 0 Å². The molecule has 1 aromatic carbocycles. The van der Waals surface area contributed by atoms with Crippen molar-refractivity contribution in [2.24, 2.45) is 0 Å². The molecule has 0 unspecified atom stereocenters. The minimum Gasteiger partial charge on any atom is -0.369 e. The smallest absolute Gasteiger partial charge is 0.248 e. The lowest BCUT2D eigenvalue weighted by Gasteiger charge is -2.36. The maximum atomic E-state index is 11.9. The van der Waals surface area contributed by atoms with Gasteiger partial charge in [0, 0.05) is 68.3 Å². The van der Waals surface area contributed by atoms with Gasteiger partial charge in [-0.2, -0.15) is 0 Å². The largest absolute Gasteiger partial charge is 0.369 e. The Morgan fingerprint density at radius 2 is 1.81 bits per heavy atom. The van der Waals surface area contributed by atoms with E-state index >= 15 is 0 Å². The molecule has 7 nitrogen and oxygen atoms in total. The van der Waals surface area contributed by atoms with Crippen molar-refractivity contribution < 1.29 is 0 Å². The zero-order valence-electron chi connectivity index (χ0n) is 18.4. The predicted molar refractivity (Wildman–Crippen MR) is 130 cm³/mol. The lowest BCUT2D eigenvalue weighted by Crippen LogP contribution is -2.46. The molecule has 0 aliphatic carbocycles. The maximum absolute atomic E-state index is 11.9. The van der Waals surface area contributed by atoms with Crippen LogP contribution in [0.3, 0.4) is 0 Å². The van der Waals surface area contributed by atoms with Crippen molar-refractivity contribution >= 4 is 11.4 Å². The average molecular weight is 431 g/mol. The third-order valence-electron chi connectivity index (χ3n) is 5.56. The minimum absolute atomic E-state index is 0.143. The Hall–Kier alpha value is -3.58.